The van der Waals surface area contributed by atoms with Crippen molar-refractivity contribution in [2.45, 2.75) is 45.6 Å². The van der Waals surface area contributed by atoms with E-state index in [4.69, 9.17) is 4.89 Å². The summed E-state index contributed by atoms with van der Waals surface area (Å²) in [6, 6.07) is 0. The Morgan fingerprint density at radius 2 is 2.17 bits per heavy atom. The van der Waals surface area contributed by atoms with Crippen LogP contribution in [0.2, 0.25) is 0 Å². The Morgan fingerprint density at radius 3 is 2.58 bits per heavy atom. The highest BCUT2D eigenvalue weighted by atomic mass is 31.2. The van der Waals surface area contributed by atoms with Crippen LogP contribution in [0.15, 0.2) is 0 Å². The molecule has 3 nitrogen and oxygen atoms in total. The third-order valence-corrected chi connectivity index (χ3v) is 2.14. The molecule has 2 atom stereocenters. The summed E-state index contributed by atoms with van der Waals surface area (Å²) in [5.41, 5.74) is 0. The minimum Gasteiger partial charge on any atom is -0.299 e. The number of hydrogen-bond acceptors (Lipinski definition) is 2. The third-order valence-electron chi connectivity index (χ3n) is 1.52. The summed E-state index contributed by atoms with van der Waals surface area (Å²) in [7, 11) is -4.77. The van der Waals surface area contributed by atoms with E-state index in [9.17, 15) is 8.76 Å². The SMILES string of the molecule is CCCCCC(C)OP(=O)(O)F. The van der Waals surface area contributed by atoms with Gasteiger partial charge in [-0.15, -0.1) is 4.20 Å². The quantitative estimate of drug-likeness (QED) is 0.527. The van der Waals surface area contributed by atoms with Crippen molar-refractivity contribution >= 4 is 7.91 Å². The average molecular weight is 198 g/mol. The molecule has 0 bridgehead atoms. The van der Waals surface area contributed by atoms with E-state index in [-0.39, 0.29) is 0 Å². The molecule has 0 aliphatic heterocycles. The maximum absolute atomic E-state index is 12.0. The largest absolute Gasteiger partial charge is 0.510 e. The fraction of sp³-hybridized carbons (Fsp3) is 1.00. The minimum absolute atomic E-state index is 0.475. The van der Waals surface area contributed by atoms with Gasteiger partial charge in [0.15, 0.2) is 0 Å². The van der Waals surface area contributed by atoms with E-state index in [1.807, 2.05) is 0 Å². The van der Waals surface area contributed by atoms with E-state index >= 15 is 0 Å². The van der Waals surface area contributed by atoms with Crippen molar-refractivity contribution in [3.05, 3.63) is 0 Å². The van der Waals surface area contributed by atoms with Crippen LogP contribution in [0.5, 0.6) is 0 Å². The zero-order valence-electron chi connectivity index (χ0n) is 7.49. The van der Waals surface area contributed by atoms with Crippen LogP contribution in [0.25, 0.3) is 0 Å². The van der Waals surface area contributed by atoms with Crippen molar-refractivity contribution in [2.24, 2.45) is 0 Å². The molecule has 0 aliphatic rings. The van der Waals surface area contributed by atoms with Crippen molar-refractivity contribution < 1.29 is 18.2 Å². The molecule has 0 heterocycles. The van der Waals surface area contributed by atoms with Gasteiger partial charge in [-0.3, -0.25) is 9.42 Å². The standard InChI is InChI=1S/C7H16FO3P/c1-3-4-5-6-7(2)11-12(8,9)10/h7H,3-6H2,1-2H3,(H,9,10). The van der Waals surface area contributed by atoms with Gasteiger partial charge in [0.05, 0.1) is 6.10 Å². The van der Waals surface area contributed by atoms with Crippen LogP contribution in [0, 0.1) is 0 Å². The second-order valence-electron chi connectivity index (χ2n) is 2.86. The van der Waals surface area contributed by atoms with E-state index < -0.39 is 14.0 Å². The summed E-state index contributed by atoms with van der Waals surface area (Å²) in [6.07, 6.45) is 3.16. The number of hydrogen-bond donors (Lipinski definition) is 1. The number of halogens is 1. The summed E-state index contributed by atoms with van der Waals surface area (Å²) in [6.45, 7) is 3.65. The molecule has 0 amide bonds. The predicted molar refractivity (Wildman–Crippen MR) is 45.6 cm³/mol. The Kier molecular flexibility index (Phi) is 5.72. The van der Waals surface area contributed by atoms with Crippen molar-refractivity contribution in [3.63, 3.8) is 0 Å². The molecular weight excluding hydrogens is 182 g/mol. The topological polar surface area (TPSA) is 46.5 Å². The lowest BCUT2D eigenvalue weighted by atomic mass is 10.1. The molecule has 0 radical (unpaired) electrons. The number of unbranched alkanes of at least 4 members (excludes halogenated alkanes) is 2. The molecule has 0 saturated heterocycles. The van der Waals surface area contributed by atoms with Gasteiger partial charge in [0, 0.05) is 0 Å². The van der Waals surface area contributed by atoms with E-state index in [1.165, 1.54) is 0 Å². The van der Waals surface area contributed by atoms with E-state index in [0.29, 0.717) is 6.42 Å². The van der Waals surface area contributed by atoms with Gasteiger partial charge in [0.1, 0.15) is 0 Å². The van der Waals surface area contributed by atoms with Crippen LogP contribution in [-0.4, -0.2) is 11.0 Å². The lowest BCUT2D eigenvalue weighted by molar-refractivity contribution is 0.156. The molecule has 0 aliphatic carbocycles. The summed E-state index contributed by atoms with van der Waals surface area (Å²) >= 11 is 0. The Bertz CT molecular complexity index is 157. The predicted octanol–water partition coefficient (Wildman–Crippen LogP) is 3.04. The highest BCUT2D eigenvalue weighted by Crippen LogP contribution is 2.45. The maximum atomic E-state index is 12.0. The molecule has 12 heavy (non-hydrogen) atoms. The van der Waals surface area contributed by atoms with E-state index in [1.54, 1.807) is 6.92 Å². The van der Waals surface area contributed by atoms with Crippen LogP contribution in [-0.2, 0) is 9.09 Å². The fourth-order valence-electron chi connectivity index (χ4n) is 0.956. The molecule has 5 heteroatoms. The van der Waals surface area contributed by atoms with Crippen LogP contribution in [0.3, 0.4) is 0 Å². The first-order valence-electron chi connectivity index (χ1n) is 4.16. The van der Waals surface area contributed by atoms with Gasteiger partial charge in [0.2, 0.25) is 0 Å². The van der Waals surface area contributed by atoms with Crippen LogP contribution in [0.4, 0.5) is 4.20 Å². The third kappa shape index (κ3) is 8.18. The Balaban J connectivity index is 3.46. The second-order valence-corrected chi connectivity index (χ2v) is 3.98. The molecule has 74 valence electrons. The van der Waals surface area contributed by atoms with Gasteiger partial charge >= 0.3 is 7.91 Å². The zero-order chi connectivity index (χ0) is 9.61. The average Bonchev–Trinajstić information content (AvgIpc) is 1.84. The first-order chi connectivity index (χ1) is 5.45. The molecule has 0 rings (SSSR count). The lowest BCUT2D eigenvalue weighted by Gasteiger charge is -2.11. The van der Waals surface area contributed by atoms with E-state index in [2.05, 4.69) is 11.4 Å². The molecule has 0 saturated carbocycles. The fourth-order valence-corrected chi connectivity index (χ4v) is 1.51. The summed E-state index contributed by atoms with van der Waals surface area (Å²) < 4.78 is 26.4. The van der Waals surface area contributed by atoms with Crippen LogP contribution in [0.1, 0.15) is 39.5 Å². The van der Waals surface area contributed by atoms with Gasteiger partial charge in [-0.2, -0.15) is 0 Å². The van der Waals surface area contributed by atoms with Crippen LogP contribution >= 0.6 is 7.91 Å². The van der Waals surface area contributed by atoms with Gasteiger partial charge in [0.25, 0.3) is 0 Å². The lowest BCUT2D eigenvalue weighted by Crippen LogP contribution is -2.04. The molecule has 0 spiro atoms. The minimum atomic E-state index is -4.77. The molecular formula is C7H16FO3P. The molecule has 0 aromatic heterocycles. The second kappa shape index (κ2) is 5.68. The van der Waals surface area contributed by atoms with Crippen molar-refractivity contribution in [1.29, 1.82) is 0 Å². The first kappa shape index (κ1) is 12.1. The summed E-state index contributed by atoms with van der Waals surface area (Å²) in [5.74, 6) is 0. The monoisotopic (exact) mass is 198 g/mol. The van der Waals surface area contributed by atoms with Gasteiger partial charge in [-0.05, 0) is 13.3 Å². The smallest absolute Gasteiger partial charge is 0.299 e. The highest BCUT2D eigenvalue weighted by Gasteiger charge is 2.20. The first-order valence-corrected chi connectivity index (χ1v) is 5.63. The van der Waals surface area contributed by atoms with E-state index in [0.717, 1.165) is 19.3 Å². The highest BCUT2D eigenvalue weighted by molar-refractivity contribution is 7.46. The molecule has 0 aromatic carbocycles. The molecule has 2 unspecified atom stereocenters. The van der Waals surface area contributed by atoms with Crippen molar-refractivity contribution in [2.75, 3.05) is 0 Å². The zero-order valence-corrected chi connectivity index (χ0v) is 8.39. The van der Waals surface area contributed by atoms with Crippen molar-refractivity contribution in [3.8, 4) is 0 Å². The summed E-state index contributed by atoms with van der Waals surface area (Å²) in [4.78, 5) is 8.21. The Labute approximate surface area is 72.6 Å². The molecule has 0 fully saturated rings. The van der Waals surface area contributed by atoms with Gasteiger partial charge in [-0.25, -0.2) is 4.57 Å². The Morgan fingerprint density at radius 1 is 1.58 bits per heavy atom. The summed E-state index contributed by atoms with van der Waals surface area (Å²) in [5, 5.41) is 0. The maximum Gasteiger partial charge on any atom is 0.510 e. The van der Waals surface area contributed by atoms with Gasteiger partial charge < -0.3 is 0 Å². The molecule has 1 N–H and O–H groups in total. The number of rotatable bonds is 6. The van der Waals surface area contributed by atoms with Crippen LogP contribution < -0.4 is 0 Å². The van der Waals surface area contributed by atoms with Crippen molar-refractivity contribution in [1.82, 2.24) is 0 Å². The van der Waals surface area contributed by atoms with Gasteiger partial charge in [-0.1, -0.05) is 26.2 Å². The molecule has 0 aromatic rings. The normalized spacial score (nSPS) is 18.7. The Hall–Kier alpha value is 0.0800.